The molecule has 3 heterocycles. The van der Waals surface area contributed by atoms with Crippen LogP contribution >= 0.6 is 0 Å². The standard InChI is InChI=1S/C30H34F2N6O3/c1-3-22-8-4-5-14-38(22)27(39)17-25(35-30-36-26(37-41-30)15-19-10-12-21(31)13-11-19)29(40)33-18(2)24-16-20-7-6-9-23(32)28(20)34-24/h6-7,9-13,18,22,25H,3-5,8,14-17H2,1-2H3,(H,33,40)(H,35,36,37)/t18-,22-,25-/m0/s1. The summed E-state index contributed by atoms with van der Waals surface area (Å²) in [6.07, 6.45) is 4.42. The van der Waals surface area contributed by atoms with Crippen molar-refractivity contribution in [2.45, 2.75) is 76.9 Å². The van der Waals surface area contributed by atoms with E-state index in [1.54, 1.807) is 25.1 Å². The molecule has 1 aromatic heterocycles. The first kappa shape index (κ1) is 28.4. The van der Waals surface area contributed by atoms with Crippen LogP contribution in [-0.2, 0) is 22.4 Å². The number of carbonyl (C=O) groups excluding carboxylic acids is 2. The summed E-state index contributed by atoms with van der Waals surface area (Å²) in [5.74, 6) is -0.960. The maximum absolute atomic E-state index is 14.2. The SMILES string of the molecule is CC[C@H]1CCCCN1C(=O)C[C@H](Nc1nc(Cc2ccc(F)cc2)no1)C(=O)N[C@@H](C)C1=Nc2c(F)cccc2C1. The number of likely N-dealkylation sites (tertiary alicyclic amines) is 1. The molecule has 3 atom stereocenters. The first-order valence-corrected chi connectivity index (χ1v) is 14.1. The van der Waals surface area contributed by atoms with Crippen molar-refractivity contribution in [1.82, 2.24) is 20.4 Å². The van der Waals surface area contributed by atoms with E-state index in [1.807, 2.05) is 11.0 Å². The molecule has 41 heavy (non-hydrogen) atoms. The zero-order valence-corrected chi connectivity index (χ0v) is 23.2. The van der Waals surface area contributed by atoms with Crippen LogP contribution < -0.4 is 10.6 Å². The number of rotatable bonds is 10. The number of aromatic nitrogens is 2. The molecule has 0 saturated carbocycles. The summed E-state index contributed by atoms with van der Waals surface area (Å²) in [6, 6.07) is 9.44. The predicted molar refractivity (Wildman–Crippen MR) is 150 cm³/mol. The fourth-order valence-electron chi connectivity index (χ4n) is 5.43. The number of piperidine rings is 1. The van der Waals surface area contributed by atoms with Crippen LogP contribution in [0.5, 0.6) is 0 Å². The molecular formula is C30H34F2N6O3. The molecule has 0 spiro atoms. The van der Waals surface area contributed by atoms with Gasteiger partial charge in [0.15, 0.2) is 5.82 Å². The number of halogens is 2. The first-order valence-electron chi connectivity index (χ1n) is 14.1. The van der Waals surface area contributed by atoms with Crippen LogP contribution in [0.15, 0.2) is 52.0 Å². The number of aliphatic imine (C=N–C) groups is 1. The largest absolute Gasteiger partial charge is 0.347 e. The minimum atomic E-state index is -0.996. The highest BCUT2D eigenvalue weighted by Crippen LogP contribution is 2.30. The van der Waals surface area contributed by atoms with Crippen LogP contribution in [0, 0.1) is 11.6 Å². The molecule has 2 amide bonds. The molecule has 11 heteroatoms. The van der Waals surface area contributed by atoms with E-state index in [0.717, 1.165) is 36.8 Å². The summed E-state index contributed by atoms with van der Waals surface area (Å²) >= 11 is 0. The van der Waals surface area contributed by atoms with Crippen molar-refractivity contribution in [3.8, 4) is 0 Å². The molecule has 9 nitrogen and oxygen atoms in total. The van der Waals surface area contributed by atoms with Gasteiger partial charge in [0.2, 0.25) is 11.8 Å². The summed E-state index contributed by atoms with van der Waals surface area (Å²) < 4.78 is 32.8. The lowest BCUT2D eigenvalue weighted by Gasteiger charge is -2.36. The van der Waals surface area contributed by atoms with E-state index in [2.05, 4.69) is 32.7 Å². The minimum absolute atomic E-state index is 0.00100. The van der Waals surface area contributed by atoms with Gasteiger partial charge in [0.1, 0.15) is 23.4 Å². The Bertz CT molecular complexity index is 1420. The Kier molecular flexibility index (Phi) is 8.70. The van der Waals surface area contributed by atoms with Crippen molar-refractivity contribution >= 4 is 29.2 Å². The second-order valence-corrected chi connectivity index (χ2v) is 10.6. The van der Waals surface area contributed by atoms with E-state index in [4.69, 9.17) is 4.52 Å². The number of amides is 2. The molecule has 2 aliphatic rings. The van der Waals surface area contributed by atoms with Gasteiger partial charge >= 0.3 is 6.01 Å². The molecular weight excluding hydrogens is 530 g/mol. The van der Waals surface area contributed by atoms with Gasteiger partial charge in [-0.25, -0.2) is 8.78 Å². The van der Waals surface area contributed by atoms with Crippen LogP contribution in [0.1, 0.15) is 62.9 Å². The summed E-state index contributed by atoms with van der Waals surface area (Å²) in [6.45, 7) is 4.50. The van der Waals surface area contributed by atoms with E-state index < -0.39 is 23.8 Å². The maximum Gasteiger partial charge on any atom is 0.322 e. The molecule has 0 unspecified atom stereocenters. The van der Waals surface area contributed by atoms with Gasteiger partial charge in [0.25, 0.3) is 0 Å². The second kappa shape index (κ2) is 12.6. The highest BCUT2D eigenvalue weighted by atomic mass is 19.1. The van der Waals surface area contributed by atoms with Crippen molar-refractivity contribution in [3.05, 3.63) is 71.1 Å². The number of hydrogen-bond acceptors (Lipinski definition) is 7. The van der Waals surface area contributed by atoms with Gasteiger partial charge in [-0.2, -0.15) is 4.98 Å². The third-order valence-electron chi connectivity index (χ3n) is 7.71. The topological polar surface area (TPSA) is 113 Å². The molecule has 2 aromatic carbocycles. The highest BCUT2D eigenvalue weighted by Gasteiger charge is 2.32. The molecule has 3 aromatic rings. The van der Waals surface area contributed by atoms with Crippen molar-refractivity contribution in [2.24, 2.45) is 4.99 Å². The van der Waals surface area contributed by atoms with Crippen molar-refractivity contribution in [2.75, 3.05) is 11.9 Å². The van der Waals surface area contributed by atoms with Gasteiger partial charge < -0.3 is 20.1 Å². The van der Waals surface area contributed by atoms with Gasteiger partial charge in [-0.05, 0) is 61.9 Å². The summed E-state index contributed by atoms with van der Waals surface area (Å²) in [7, 11) is 0. The molecule has 2 aliphatic heterocycles. The Hall–Kier alpha value is -4.15. The van der Waals surface area contributed by atoms with Gasteiger partial charge in [-0.3, -0.25) is 14.6 Å². The number of nitrogens with zero attached hydrogens (tertiary/aromatic N) is 4. The molecule has 5 rings (SSSR count). The second-order valence-electron chi connectivity index (χ2n) is 10.6. The van der Waals surface area contributed by atoms with Crippen LogP contribution in [0.2, 0.25) is 0 Å². The Balaban J connectivity index is 1.30. The van der Waals surface area contributed by atoms with E-state index in [1.165, 1.54) is 18.2 Å². The van der Waals surface area contributed by atoms with E-state index in [-0.39, 0.29) is 30.2 Å². The molecule has 0 radical (unpaired) electrons. The van der Waals surface area contributed by atoms with Crippen molar-refractivity contribution < 1.29 is 22.9 Å². The smallest absolute Gasteiger partial charge is 0.322 e. The Morgan fingerprint density at radius 1 is 1.15 bits per heavy atom. The maximum atomic E-state index is 14.2. The predicted octanol–water partition coefficient (Wildman–Crippen LogP) is 4.73. The fourth-order valence-corrected chi connectivity index (χ4v) is 5.43. The number of anilines is 1. The molecule has 2 N–H and O–H groups in total. The Labute approximate surface area is 237 Å². The zero-order chi connectivity index (χ0) is 28.9. The lowest BCUT2D eigenvalue weighted by atomic mass is 9.98. The minimum Gasteiger partial charge on any atom is -0.347 e. The highest BCUT2D eigenvalue weighted by molar-refractivity contribution is 6.00. The number of fused-ring (bicyclic) bond motifs is 1. The third kappa shape index (κ3) is 6.78. The quantitative estimate of drug-likeness (QED) is 0.368. The Morgan fingerprint density at radius 2 is 1.95 bits per heavy atom. The molecule has 1 saturated heterocycles. The molecule has 216 valence electrons. The van der Waals surface area contributed by atoms with E-state index in [0.29, 0.717) is 36.6 Å². The van der Waals surface area contributed by atoms with Gasteiger partial charge in [-0.1, -0.05) is 36.3 Å². The average Bonchev–Trinajstić information content (AvgIpc) is 3.61. The third-order valence-corrected chi connectivity index (χ3v) is 7.71. The van der Waals surface area contributed by atoms with Gasteiger partial charge in [0.05, 0.1) is 12.5 Å². The normalized spacial score (nSPS) is 17.9. The fraction of sp³-hybridized carbons (Fsp3) is 0.433. The lowest BCUT2D eigenvalue weighted by molar-refractivity contribution is -0.137. The van der Waals surface area contributed by atoms with E-state index >= 15 is 0 Å². The monoisotopic (exact) mass is 564 g/mol. The van der Waals surface area contributed by atoms with Crippen LogP contribution in [0.4, 0.5) is 20.5 Å². The van der Waals surface area contributed by atoms with Crippen LogP contribution in [-0.4, -0.2) is 57.2 Å². The number of para-hydroxylation sites is 1. The van der Waals surface area contributed by atoms with E-state index in [9.17, 15) is 18.4 Å². The zero-order valence-electron chi connectivity index (χ0n) is 23.2. The van der Waals surface area contributed by atoms with Crippen LogP contribution in [0.3, 0.4) is 0 Å². The van der Waals surface area contributed by atoms with Gasteiger partial charge in [-0.15, -0.1) is 0 Å². The van der Waals surface area contributed by atoms with Crippen molar-refractivity contribution in [1.29, 1.82) is 0 Å². The number of nitrogens with one attached hydrogen (secondary N) is 2. The molecule has 0 aliphatic carbocycles. The number of hydrogen-bond donors (Lipinski definition) is 2. The number of benzene rings is 2. The molecule has 1 fully saturated rings. The molecule has 0 bridgehead atoms. The van der Waals surface area contributed by atoms with Crippen LogP contribution in [0.25, 0.3) is 0 Å². The lowest BCUT2D eigenvalue weighted by Crippen LogP contribution is -2.50. The Morgan fingerprint density at radius 3 is 2.71 bits per heavy atom. The summed E-state index contributed by atoms with van der Waals surface area (Å²) in [5.41, 5.74) is 2.48. The van der Waals surface area contributed by atoms with Gasteiger partial charge in [0, 0.05) is 31.1 Å². The van der Waals surface area contributed by atoms with Crippen molar-refractivity contribution in [3.63, 3.8) is 0 Å². The average molecular weight is 565 g/mol. The first-order chi connectivity index (χ1) is 19.8. The number of carbonyl (C=O) groups is 2. The summed E-state index contributed by atoms with van der Waals surface area (Å²) in [4.78, 5) is 37.6. The summed E-state index contributed by atoms with van der Waals surface area (Å²) in [5, 5.41) is 9.86.